The molecule has 4 nitrogen and oxygen atoms in total. The van der Waals surface area contributed by atoms with Gasteiger partial charge in [-0.3, -0.25) is 4.90 Å². The first-order valence-corrected chi connectivity index (χ1v) is 9.49. The molecule has 0 radical (unpaired) electrons. The van der Waals surface area contributed by atoms with Gasteiger partial charge in [-0.25, -0.2) is 13.8 Å². The number of halogens is 2. The lowest BCUT2D eigenvalue weighted by atomic mass is 9.75. The standard InChI is InChI=1S/C21H20F2N4/c22-17-5-2-4-15(19(17)23)16-12-27(18-6-1-3-14(11-24)25-18)20-13-7-9-26(10-8-13)21(16)20/h1-6,13,16,20-21H,7-10,12H2/t16-,20+,21+/m1/s1. The summed E-state index contributed by atoms with van der Waals surface area (Å²) in [6.07, 6.45) is 2.24. The molecule has 1 aromatic carbocycles. The third-order valence-corrected chi connectivity index (χ3v) is 6.52. The highest BCUT2D eigenvalue weighted by Gasteiger charge is 2.54. The highest BCUT2D eigenvalue weighted by atomic mass is 19.2. The Kier molecular flexibility index (Phi) is 3.87. The van der Waals surface area contributed by atoms with Crippen LogP contribution in [0.4, 0.5) is 14.6 Å². The molecule has 4 saturated heterocycles. The van der Waals surface area contributed by atoms with E-state index in [-0.39, 0.29) is 18.0 Å². The average molecular weight is 366 g/mol. The number of nitriles is 1. The zero-order chi connectivity index (χ0) is 18.5. The zero-order valence-electron chi connectivity index (χ0n) is 14.9. The summed E-state index contributed by atoms with van der Waals surface area (Å²) in [4.78, 5) is 9.17. The van der Waals surface area contributed by atoms with E-state index in [4.69, 9.17) is 0 Å². The molecule has 6 heteroatoms. The SMILES string of the molecule is N#Cc1cccc(N2C[C@H](c3cccc(F)c3F)[C@H]3[C@@H]2C2CCN3CC2)n1. The van der Waals surface area contributed by atoms with Gasteiger partial charge in [0.1, 0.15) is 17.6 Å². The van der Waals surface area contributed by atoms with Gasteiger partial charge in [-0.05, 0) is 55.6 Å². The summed E-state index contributed by atoms with van der Waals surface area (Å²) < 4.78 is 28.5. The van der Waals surface area contributed by atoms with E-state index in [1.165, 1.54) is 6.07 Å². The number of anilines is 1. The van der Waals surface area contributed by atoms with Gasteiger partial charge in [0.05, 0.1) is 0 Å². The van der Waals surface area contributed by atoms with Gasteiger partial charge >= 0.3 is 0 Å². The van der Waals surface area contributed by atoms with E-state index in [0.29, 0.717) is 23.7 Å². The third kappa shape index (κ3) is 2.53. The fourth-order valence-corrected chi connectivity index (χ4v) is 5.41. The van der Waals surface area contributed by atoms with Crippen molar-refractivity contribution < 1.29 is 8.78 Å². The van der Waals surface area contributed by atoms with E-state index in [1.54, 1.807) is 18.2 Å². The normalized spacial score (nSPS) is 31.6. The van der Waals surface area contributed by atoms with Gasteiger partial charge in [-0.1, -0.05) is 18.2 Å². The van der Waals surface area contributed by atoms with Gasteiger partial charge in [0.25, 0.3) is 0 Å². The Morgan fingerprint density at radius 3 is 2.59 bits per heavy atom. The van der Waals surface area contributed by atoms with E-state index in [1.807, 2.05) is 12.1 Å². The molecule has 4 aliphatic rings. The Bertz CT molecular complexity index is 917. The number of aromatic nitrogens is 1. The van der Waals surface area contributed by atoms with E-state index in [2.05, 4.69) is 20.9 Å². The molecule has 1 aromatic heterocycles. The number of benzene rings is 1. The van der Waals surface area contributed by atoms with Gasteiger partial charge in [0, 0.05) is 24.5 Å². The highest BCUT2D eigenvalue weighted by molar-refractivity contribution is 5.48. The lowest BCUT2D eigenvalue weighted by molar-refractivity contribution is 0.0350. The molecule has 0 amide bonds. The van der Waals surface area contributed by atoms with Crippen molar-refractivity contribution in [3.8, 4) is 6.07 Å². The molecule has 0 saturated carbocycles. The minimum Gasteiger partial charge on any atom is -0.351 e. The van der Waals surface area contributed by atoms with Crippen LogP contribution >= 0.6 is 0 Å². The second kappa shape index (κ2) is 6.28. The molecule has 6 rings (SSSR count). The Balaban J connectivity index is 1.60. The molecule has 5 heterocycles. The van der Waals surface area contributed by atoms with E-state index < -0.39 is 11.6 Å². The van der Waals surface area contributed by atoms with E-state index in [9.17, 15) is 14.0 Å². The van der Waals surface area contributed by atoms with Gasteiger partial charge in [-0.15, -0.1) is 0 Å². The molecular weight excluding hydrogens is 346 g/mol. The fourth-order valence-electron chi connectivity index (χ4n) is 5.41. The van der Waals surface area contributed by atoms with Crippen LogP contribution in [0.5, 0.6) is 0 Å². The lowest BCUT2D eigenvalue weighted by Gasteiger charge is -2.51. The Labute approximate surface area is 157 Å². The van der Waals surface area contributed by atoms with Crippen LogP contribution < -0.4 is 4.90 Å². The summed E-state index contributed by atoms with van der Waals surface area (Å²) in [5, 5.41) is 9.21. The van der Waals surface area contributed by atoms with Crippen LogP contribution in [0.25, 0.3) is 0 Å². The molecule has 0 spiro atoms. The number of nitrogens with zero attached hydrogens (tertiary/aromatic N) is 4. The van der Waals surface area contributed by atoms with Crippen molar-refractivity contribution in [2.45, 2.75) is 30.8 Å². The van der Waals surface area contributed by atoms with Crippen LogP contribution in [0, 0.1) is 28.9 Å². The molecule has 4 fully saturated rings. The number of rotatable bonds is 2. The molecular formula is C21H20F2N4. The molecule has 0 N–H and O–H groups in total. The summed E-state index contributed by atoms with van der Waals surface area (Å²) in [5.74, 6) is -0.347. The largest absolute Gasteiger partial charge is 0.351 e. The molecule has 138 valence electrons. The van der Waals surface area contributed by atoms with E-state index >= 15 is 0 Å². The fraction of sp³-hybridized carbons (Fsp3) is 0.429. The van der Waals surface area contributed by atoms with Crippen LogP contribution in [0.2, 0.25) is 0 Å². The lowest BCUT2D eigenvalue weighted by Crippen LogP contribution is -2.60. The smallest absolute Gasteiger partial charge is 0.162 e. The summed E-state index contributed by atoms with van der Waals surface area (Å²) in [5.41, 5.74) is 0.835. The van der Waals surface area contributed by atoms with Gasteiger partial charge in [0.2, 0.25) is 0 Å². The Hall–Kier alpha value is -2.52. The van der Waals surface area contributed by atoms with Crippen LogP contribution in [0.1, 0.15) is 30.0 Å². The molecule has 3 atom stereocenters. The van der Waals surface area contributed by atoms with Crippen molar-refractivity contribution in [1.82, 2.24) is 9.88 Å². The second-order valence-corrected chi connectivity index (χ2v) is 7.75. The maximum Gasteiger partial charge on any atom is 0.162 e. The zero-order valence-corrected chi connectivity index (χ0v) is 14.9. The second-order valence-electron chi connectivity index (χ2n) is 7.75. The number of hydrogen-bond donors (Lipinski definition) is 0. The molecule has 2 aromatic rings. The monoisotopic (exact) mass is 366 g/mol. The summed E-state index contributed by atoms with van der Waals surface area (Å²) >= 11 is 0. The maximum absolute atomic E-state index is 14.6. The minimum absolute atomic E-state index is 0.110. The first-order valence-electron chi connectivity index (χ1n) is 9.49. The topological polar surface area (TPSA) is 43.2 Å². The van der Waals surface area contributed by atoms with Crippen molar-refractivity contribution in [3.63, 3.8) is 0 Å². The van der Waals surface area contributed by atoms with Gasteiger partial charge < -0.3 is 4.90 Å². The number of piperidine rings is 3. The van der Waals surface area contributed by atoms with Crippen molar-refractivity contribution in [2.24, 2.45) is 5.92 Å². The maximum atomic E-state index is 14.6. The van der Waals surface area contributed by atoms with Crippen molar-refractivity contribution in [3.05, 3.63) is 59.3 Å². The first-order chi connectivity index (χ1) is 13.2. The Morgan fingerprint density at radius 2 is 1.81 bits per heavy atom. The summed E-state index contributed by atoms with van der Waals surface area (Å²) in [6, 6.07) is 12.4. The first kappa shape index (κ1) is 16.6. The average Bonchev–Trinajstić information content (AvgIpc) is 3.14. The van der Waals surface area contributed by atoms with Crippen LogP contribution in [0.15, 0.2) is 36.4 Å². The van der Waals surface area contributed by atoms with Crippen LogP contribution in [-0.2, 0) is 0 Å². The number of fused-ring (bicyclic) bond motifs is 2. The predicted molar refractivity (Wildman–Crippen MR) is 97.3 cm³/mol. The van der Waals surface area contributed by atoms with Crippen LogP contribution in [-0.4, -0.2) is 41.6 Å². The quantitative estimate of drug-likeness (QED) is 0.818. The molecule has 4 aliphatic heterocycles. The van der Waals surface area contributed by atoms with Crippen molar-refractivity contribution in [1.29, 1.82) is 5.26 Å². The Morgan fingerprint density at radius 1 is 1.04 bits per heavy atom. The highest BCUT2D eigenvalue weighted by Crippen LogP contribution is 2.48. The van der Waals surface area contributed by atoms with Gasteiger partial charge in [-0.2, -0.15) is 5.26 Å². The van der Waals surface area contributed by atoms with E-state index in [0.717, 1.165) is 31.7 Å². The molecule has 0 aliphatic carbocycles. The number of hydrogen-bond acceptors (Lipinski definition) is 4. The van der Waals surface area contributed by atoms with Gasteiger partial charge in [0.15, 0.2) is 11.6 Å². The molecule has 0 unspecified atom stereocenters. The predicted octanol–water partition coefficient (Wildman–Crippen LogP) is 3.30. The van der Waals surface area contributed by atoms with Crippen molar-refractivity contribution >= 4 is 5.82 Å². The third-order valence-electron chi connectivity index (χ3n) is 6.52. The summed E-state index contributed by atoms with van der Waals surface area (Å²) in [7, 11) is 0. The molecule has 27 heavy (non-hydrogen) atoms. The van der Waals surface area contributed by atoms with Crippen LogP contribution in [0.3, 0.4) is 0 Å². The number of pyridine rings is 1. The van der Waals surface area contributed by atoms with Crippen molar-refractivity contribution in [2.75, 3.05) is 24.5 Å². The summed E-state index contributed by atoms with van der Waals surface area (Å²) in [6.45, 7) is 2.61. The minimum atomic E-state index is -0.789. The molecule has 2 bridgehead atoms.